The minimum absolute atomic E-state index is 0.00509. The number of aryl methyl sites for hydroxylation is 1. The first-order valence-corrected chi connectivity index (χ1v) is 5.15. The van der Waals surface area contributed by atoms with E-state index < -0.39 is 12.4 Å². The van der Waals surface area contributed by atoms with Crippen LogP contribution in [0.1, 0.15) is 22.3 Å². The maximum atomic E-state index is 12.9. The van der Waals surface area contributed by atoms with Crippen LogP contribution in [-0.4, -0.2) is 20.9 Å². The molecule has 0 saturated heterocycles. The van der Waals surface area contributed by atoms with Crippen molar-refractivity contribution >= 4 is 5.97 Å². The van der Waals surface area contributed by atoms with Gasteiger partial charge >= 0.3 is 5.97 Å². The third kappa shape index (κ3) is 2.09. The molecule has 0 atom stereocenters. The fourth-order valence-electron chi connectivity index (χ4n) is 1.75. The fourth-order valence-corrected chi connectivity index (χ4v) is 1.75. The Balaban J connectivity index is 2.65. The highest BCUT2D eigenvalue weighted by molar-refractivity contribution is 5.95. The number of hydrogen-bond acceptors (Lipinski definition) is 2. The summed E-state index contributed by atoms with van der Waals surface area (Å²) in [7, 11) is 1.51. The van der Waals surface area contributed by atoms with Crippen molar-refractivity contribution in [1.29, 1.82) is 0 Å². The molecule has 0 aliphatic rings. The summed E-state index contributed by atoms with van der Waals surface area (Å²) in [4.78, 5) is 11.1. The maximum Gasteiger partial charge on any atom is 0.336 e. The zero-order valence-electron chi connectivity index (χ0n) is 9.47. The van der Waals surface area contributed by atoms with Gasteiger partial charge in [-0.25, -0.2) is 13.6 Å². The molecule has 2 rings (SSSR count). The number of halogens is 2. The largest absolute Gasteiger partial charge is 0.478 e. The van der Waals surface area contributed by atoms with Crippen LogP contribution >= 0.6 is 0 Å². The van der Waals surface area contributed by atoms with Crippen LogP contribution < -0.4 is 0 Å². The SMILES string of the molecule is Cn1cc(C(F)F)c(-c2ccccc2C(=O)O)n1. The molecule has 0 saturated carbocycles. The Kier molecular flexibility index (Phi) is 3.10. The molecule has 6 heteroatoms. The van der Waals surface area contributed by atoms with Crippen molar-refractivity contribution in [1.82, 2.24) is 9.78 Å². The Morgan fingerprint density at radius 1 is 1.39 bits per heavy atom. The van der Waals surface area contributed by atoms with Crippen LogP contribution in [0, 0.1) is 0 Å². The van der Waals surface area contributed by atoms with E-state index in [1.54, 1.807) is 6.07 Å². The average Bonchev–Trinajstić information content (AvgIpc) is 2.71. The summed E-state index contributed by atoms with van der Waals surface area (Å²) >= 11 is 0. The zero-order chi connectivity index (χ0) is 13.3. The van der Waals surface area contributed by atoms with Gasteiger partial charge in [-0.1, -0.05) is 18.2 Å². The van der Waals surface area contributed by atoms with Crippen LogP contribution in [0.4, 0.5) is 8.78 Å². The predicted octanol–water partition coefficient (Wildman–Crippen LogP) is 2.72. The minimum Gasteiger partial charge on any atom is -0.478 e. The summed E-state index contributed by atoms with van der Waals surface area (Å²) < 4.78 is 27.0. The maximum absolute atomic E-state index is 12.9. The molecule has 4 nitrogen and oxygen atoms in total. The van der Waals surface area contributed by atoms with E-state index in [1.807, 2.05) is 0 Å². The number of aromatic nitrogens is 2. The van der Waals surface area contributed by atoms with Gasteiger partial charge in [0.1, 0.15) is 5.69 Å². The fraction of sp³-hybridized carbons (Fsp3) is 0.167. The number of nitrogens with zero attached hydrogens (tertiary/aromatic N) is 2. The van der Waals surface area contributed by atoms with Gasteiger partial charge in [0.25, 0.3) is 6.43 Å². The van der Waals surface area contributed by atoms with Crippen molar-refractivity contribution in [3.8, 4) is 11.3 Å². The molecule has 1 aromatic heterocycles. The van der Waals surface area contributed by atoms with Crippen LogP contribution in [0.5, 0.6) is 0 Å². The summed E-state index contributed by atoms with van der Waals surface area (Å²) in [5.74, 6) is -1.17. The third-order valence-electron chi connectivity index (χ3n) is 2.50. The van der Waals surface area contributed by atoms with Crippen molar-refractivity contribution < 1.29 is 18.7 Å². The molecule has 1 aromatic carbocycles. The van der Waals surface area contributed by atoms with Gasteiger partial charge in [0, 0.05) is 18.8 Å². The minimum atomic E-state index is -2.70. The first-order chi connectivity index (χ1) is 8.50. The molecule has 0 unspecified atom stereocenters. The van der Waals surface area contributed by atoms with Crippen molar-refractivity contribution in [3.05, 3.63) is 41.6 Å². The smallest absolute Gasteiger partial charge is 0.336 e. The molecule has 1 N–H and O–H groups in total. The normalized spacial score (nSPS) is 10.9. The van der Waals surface area contributed by atoms with E-state index >= 15 is 0 Å². The third-order valence-corrected chi connectivity index (χ3v) is 2.50. The van der Waals surface area contributed by atoms with Gasteiger partial charge in [0.05, 0.1) is 11.1 Å². The van der Waals surface area contributed by atoms with E-state index in [-0.39, 0.29) is 22.4 Å². The van der Waals surface area contributed by atoms with Crippen molar-refractivity contribution in [2.75, 3.05) is 0 Å². The molecule has 0 aliphatic carbocycles. The van der Waals surface area contributed by atoms with Gasteiger partial charge in [-0.2, -0.15) is 5.10 Å². The quantitative estimate of drug-likeness (QED) is 0.913. The summed E-state index contributed by atoms with van der Waals surface area (Å²) in [6.07, 6.45) is -1.51. The Morgan fingerprint density at radius 2 is 2.06 bits per heavy atom. The van der Waals surface area contributed by atoms with Gasteiger partial charge in [-0.05, 0) is 6.07 Å². The molecule has 0 amide bonds. The van der Waals surface area contributed by atoms with Crippen LogP contribution in [0.25, 0.3) is 11.3 Å². The monoisotopic (exact) mass is 252 g/mol. The van der Waals surface area contributed by atoms with Gasteiger partial charge in [0.2, 0.25) is 0 Å². The molecular formula is C12H10F2N2O2. The highest BCUT2D eigenvalue weighted by atomic mass is 19.3. The molecule has 1 heterocycles. The number of carboxylic acids is 1. The van der Waals surface area contributed by atoms with Gasteiger partial charge in [-0.15, -0.1) is 0 Å². The summed E-state index contributed by atoms with van der Waals surface area (Å²) in [5, 5.41) is 13.0. The number of carbonyl (C=O) groups is 1. The molecule has 0 aliphatic heterocycles. The van der Waals surface area contributed by atoms with E-state index in [0.717, 1.165) is 0 Å². The zero-order valence-corrected chi connectivity index (χ0v) is 9.47. The molecule has 94 valence electrons. The second-order valence-electron chi connectivity index (χ2n) is 3.76. The summed E-state index contributed by atoms with van der Waals surface area (Å²) in [5.41, 5.74) is -0.115. The standard InChI is InChI=1S/C12H10F2N2O2/c1-16-6-9(11(13)14)10(15-16)7-4-2-3-5-8(7)12(17)18/h2-6,11H,1H3,(H,17,18). The van der Waals surface area contributed by atoms with Crippen molar-refractivity contribution in [2.24, 2.45) is 7.05 Å². The highest BCUT2D eigenvalue weighted by Crippen LogP contribution is 2.31. The lowest BCUT2D eigenvalue weighted by Crippen LogP contribution is -2.01. The van der Waals surface area contributed by atoms with Crippen molar-refractivity contribution in [3.63, 3.8) is 0 Å². The predicted molar refractivity (Wildman–Crippen MR) is 60.6 cm³/mol. The second-order valence-corrected chi connectivity index (χ2v) is 3.76. The van der Waals surface area contributed by atoms with Gasteiger partial charge in [-0.3, -0.25) is 4.68 Å². The van der Waals surface area contributed by atoms with Crippen LogP contribution in [-0.2, 0) is 7.05 Å². The Morgan fingerprint density at radius 3 is 2.67 bits per heavy atom. The molecule has 18 heavy (non-hydrogen) atoms. The van der Waals surface area contributed by atoms with Crippen LogP contribution in [0.15, 0.2) is 30.5 Å². The topological polar surface area (TPSA) is 55.1 Å². The lowest BCUT2D eigenvalue weighted by atomic mass is 10.0. The molecule has 0 bridgehead atoms. The Hall–Kier alpha value is -2.24. The molecule has 0 spiro atoms. The van der Waals surface area contributed by atoms with E-state index in [9.17, 15) is 13.6 Å². The molecule has 2 aromatic rings. The van der Waals surface area contributed by atoms with Crippen LogP contribution in [0.3, 0.4) is 0 Å². The lowest BCUT2D eigenvalue weighted by Gasteiger charge is -2.05. The molecule has 0 fully saturated rings. The highest BCUT2D eigenvalue weighted by Gasteiger charge is 2.21. The number of hydrogen-bond donors (Lipinski definition) is 1. The number of aromatic carboxylic acids is 1. The van der Waals surface area contributed by atoms with E-state index in [2.05, 4.69) is 5.10 Å². The Labute approximate surface area is 101 Å². The second kappa shape index (κ2) is 4.56. The number of benzene rings is 1. The number of carboxylic acid groups (broad SMARTS) is 1. The van der Waals surface area contributed by atoms with E-state index in [1.165, 1.54) is 36.1 Å². The molecular weight excluding hydrogens is 242 g/mol. The Bertz CT molecular complexity index is 594. The number of alkyl halides is 2. The summed E-state index contributed by atoms with van der Waals surface area (Å²) in [6.45, 7) is 0. The average molecular weight is 252 g/mol. The first-order valence-electron chi connectivity index (χ1n) is 5.15. The first kappa shape index (κ1) is 12.2. The van der Waals surface area contributed by atoms with E-state index in [4.69, 9.17) is 5.11 Å². The lowest BCUT2D eigenvalue weighted by molar-refractivity contribution is 0.0697. The van der Waals surface area contributed by atoms with Gasteiger partial charge in [0.15, 0.2) is 0 Å². The van der Waals surface area contributed by atoms with E-state index in [0.29, 0.717) is 0 Å². The van der Waals surface area contributed by atoms with Crippen molar-refractivity contribution in [2.45, 2.75) is 6.43 Å². The van der Waals surface area contributed by atoms with Crippen LogP contribution in [0.2, 0.25) is 0 Å². The summed E-state index contributed by atoms with van der Waals surface area (Å²) in [6, 6.07) is 5.96. The molecule has 0 radical (unpaired) electrons. The van der Waals surface area contributed by atoms with Gasteiger partial charge < -0.3 is 5.11 Å². The number of rotatable bonds is 3.